The molecular weight excluding hydrogens is 768 g/mol. The summed E-state index contributed by atoms with van der Waals surface area (Å²) in [5, 5.41) is 4.28. The minimum atomic E-state index is -0.838. The Labute approximate surface area is 347 Å². The molecule has 3 aromatic rings. The summed E-state index contributed by atoms with van der Waals surface area (Å²) in [6.07, 6.45) is 7.51. The number of primary amides is 1. The molecule has 1 unspecified atom stereocenters. The summed E-state index contributed by atoms with van der Waals surface area (Å²) in [6, 6.07) is 8.93. The minimum absolute atomic E-state index is 0.0614. The van der Waals surface area contributed by atoms with Crippen LogP contribution in [-0.2, 0) is 23.9 Å². The van der Waals surface area contributed by atoms with E-state index in [0.29, 0.717) is 78.8 Å². The third-order valence-electron chi connectivity index (χ3n) is 8.47. The molecule has 1 aliphatic carbocycles. The summed E-state index contributed by atoms with van der Waals surface area (Å²) in [4.78, 5) is 71.4. The number of methoxy groups -OCH3 is 1. The molecule has 6 rings (SSSR count). The van der Waals surface area contributed by atoms with E-state index in [0.717, 1.165) is 11.2 Å². The lowest BCUT2D eigenvalue weighted by Crippen LogP contribution is -2.52. The van der Waals surface area contributed by atoms with Crippen molar-refractivity contribution in [2.45, 2.75) is 96.9 Å². The minimum Gasteiger partial charge on any atom is -0.495 e. The smallest absolute Gasteiger partial charge is 0.243 e. The van der Waals surface area contributed by atoms with Crippen LogP contribution in [0.2, 0.25) is 5.02 Å². The fraction of sp³-hybridized carbons (Fsp3) is 0.524. The van der Waals surface area contributed by atoms with E-state index in [2.05, 4.69) is 55.3 Å². The lowest BCUT2D eigenvalue weighted by atomic mass is 10.1. The molecule has 4 amide bonds. The number of benzene rings is 1. The maximum absolute atomic E-state index is 12.5. The number of morpholine rings is 1. The highest BCUT2D eigenvalue weighted by Crippen LogP contribution is 2.31. The Hall–Kier alpha value is -4.40. The van der Waals surface area contributed by atoms with Crippen LogP contribution in [0.4, 0.5) is 0 Å². The van der Waals surface area contributed by atoms with E-state index < -0.39 is 23.9 Å². The first kappa shape index (κ1) is 48.7. The zero-order valence-corrected chi connectivity index (χ0v) is 35.9. The van der Waals surface area contributed by atoms with Crippen LogP contribution in [0, 0.1) is 5.92 Å². The maximum atomic E-state index is 12.5. The third kappa shape index (κ3) is 16.5. The second-order valence-electron chi connectivity index (χ2n) is 14.0. The molecule has 2 atom stereocenters. The highest BCUT2D eigenvalue weighted by Gasteiger charge is 2.35. The van der Waals surface area contributed by atoms with E-state index in [1.54, 1.807) is 23.2 Å². The Morgan fingerprint density at radius 3 is 2.25 bits per heavy atom. The molecule has 4 N–H and O–H groups in total. The molecule has 1 aromatic carbocycles. The van der Waals surface area contributed by atoms with Crippen molar-refractivity contribution in [1.82, 2.24) is 25.1 Å². The second-order valence-corrected chi connectivity index (χ2v) is 15.1. The fourth-order valence-corrected chi connectivity index (χ4v) is 5.94. The predicted octanol–water partition coefficient (Wildman–Crippen LogP) is 6.18. The van der Waals surface area contributed by atoms with E-state index in [-0.39, 0.29) is 36.5 Å². The molecule has 4 heterocycles. The van der Waals surface area contributed by atoms with Crippen LogP contribution in [-0.4, -0.2) is 101 Å². The van der Waals surface area contributed by atoms with E-state index in [1.807, 2.05) is 32.0 Å². The molecule has 2 saturated heterocycles. The van der Waals surface area contributed by atoms with Crippen LogP contribution in [0.5, 0.6) is 5.75 Å². The van der Waals surface area contributed by atoms with Crippen LogP contribution >= 0.6 is 24.2 Å². The zero-order chi connectivity index (χ0) is 42.5. The first-order valence-electron chi connectivity index (χ1n) is 19.6. The zero-order valence-electron chi connectivity index (χ0n) is 34.2. The van der Waals surface area contributed by atoms with E-state index in [4.69, 9.17) is 26.8 Å². The summed E-state index contributed by atoms with van der Waals surface area (Å²) in [7, 11) is 1.54. The number of carbonyl (C=O) groups is 4. The molecule has 13 nitrogen and oxygen atoms in total. The Bertz CT molecular complexity index is 1800. The number of pyridine rings is 2. The van der Waals surface area contributed by atoms with E-state index in [1.165, 1.54) is 37.0 Å². The van der Waals surface area contributed by atoms with Gasteiger partial charge < -0.3 is 35.3 Å². The van der Waals surface area contributed by atoms with Gasteiger partial charge in [0, 0.05) is 55.4 Å². The Morgan fingerprint density at radius 2 is 1.70 bits per heavy atom. The number of halogens is 1. The molecule has 3 aliphatic rings. The van der Waals surface area contributed by atoms with Crippen molar-refractivity contribution in [2.24, 2.45) is 11.7 Å². The number of likely N-dealkylation sites (tertiary alicyclic amines) is 1. The fourth-order valence-electron chi connectivity index (χ4n) is 5.50. The van der Waals surface area contributed by atoms with Crippen LogP contribution in [0.1, 0.15) is 79.6 Å². The summed E-state index contributed by atoms with van der Waals surface area (Å²) < 4.78 is 10.4. The molecule has 2 aromatic heterocycles. The van der Waals surface area contributed by atoms with Crippen molar-refractivity contribution in [1.29, 1.82) is 0 Å². The van der Waals surface area contributed by atoms with Gasteiger partial charge in [-0.15, -0.1) is 6.58 Å². The number of hydrogen-bond acceptors (Lipinski definition) is 9. The number of carbonyl (C=O) groups excluding carboxylic acids is 4. The summed E-state index contributed by atoms with van der Waals surface area (Å²) >= 11 is 10.3. The van der Waals surface area contributed by atoms with E-state index >= 15 is 0 Å². The molecule has 15 heteroatoms. The molecule has 3 fully saturated rings. The number of nitrogens with two attached hydrogens (primary N) is 1. The van der Waals surface area contributed by atoms with Crippen molar-refractivity contribution in [3.63, 3.8) is 0 Å². The number of fused-ring (bicyclic) bond motifs is 1. The quantitative estimate of drug-likeness (QED) is 0.138. The molecule has 0 bridgehead atoms. The number of amides is 4. The van der Waals surface area contributed by atoms with Crippen LogP contribution in [0.3, 0.4) is 0 Å². The van der Waals surface area contributed by atoms with Gasteiger partial charge in [-0.1, -0.05) is 58.4 Å². The van der Waals surface area contributed by atoms with E-state index in [9.17, 15) is 24.0 Å². The predicted molar refractivity (Wildman–Crippen MR) is 231 cm³/mol. The van der Waals surface area contributed by atoms with Gasteiger partial charge in [0.2, 0.25) is 23.6 Å². The number of aromatic nitrogens is 2. The van der Waals surface area contributed by atoms with Gasteiger partial charge in [-0.25, -0.2) is 0 Å². The van der Waals surface area contributed by atoms with Gasteiger partial charge in [0.15, 0.2) is 5.43 Å². The van der Waals surface area contributed by atoms with Crippen molar-refractivity contribution >= 4 is 58.8 Å². The van der Waals surface area contributed by atoms with Gasteiger partial charge in [-0.2, -0.15) is 12.6 Å². The average Bonchev–Trinajstić information content (AvgIpc) is 3.83. The highest BCUT2D eigenvalue weighted by atomic mass is 35.5. The summed E-state index contributed by atoms with van der Waals surface area (Å²) in [5.41, 5.74) is 7.04. The van der Waals surface area contributed by atoms with Gasteiger partial charge in [-0.05, 0) is 62.3 Å². The van der Waals surface area contributed by atoms with Crippen molar-refractivity contribution in [3.05, 3.63) is 70.5 Å². The summed E-state index contributed by atoms with van der Waals surface area (Å²) in [6.45, 7) is 16.6. The first-order chi connectivity index (χ1) is 27.3. The number of thiol groups is 1. The summed E-state index contributed by atoms with van der Waals surface area (Å²) in [5.74, 6) is 0.00875. The Balaban J connectivity index is 0.000000324. The molecule has 314 valence electrons. The monoisotopic (exact) mass is 828 g/mol. The van der Waals surface area contributed by atoms with Crippen molar-refractivity contribution in [3.8, 4) is 17.1 Å². The number of ether oxygens (including phenoxy) is 2. The highest BCUT2D eigenvalue weighted by molar-refractivity contribution is 7.81. The average molecular weight is 830 g/mol. The molecular formula is C42H61ClN6O7S. The molecule has 0 radical (unpaired) electrons. The standard InChI is InChI=1S/C18H28N4O5.C15H11ClN2O2.C4H10.C3H6S.C2H6/c1-2-4-13(17(19)25)20-18(26)14-5-3-8-22(14)16(24)7-6-15(23)21-9-11-27-12-10-21;1-20-13-6-5-9-12(19)8-11(18-15(9)14(13)16)10-4-2-3-7-17-10;1-4(2)3;4-3-1-2-3;1-2/h2,13-14H,1,3-12H2,(H2,19,25)(H,20,26);2-8H,1H3,(H,18,19);4H,1-3H3;3-4H,1-2H2;1-2H3/t13?,14-;;;;/m0..../s1. The van der Waals surface area contributed by atoms with Gasteiger partial charge in [0.1, 0.15) is 22.9 Å². The SMILES string of the molecule is C=CCC(NC(=O)[C@@H]1CCCN1C(=O)CCC(=O)N1CCOCC1)C(N)=O.CC.CC(C)C.COc1ccc2c(=O)cc(-c3ccccn3)[nH]c2c1Cl.SC1CC1. The largest absolute Gasteiger partial charge is 0.495 e. The number of H-pyrrole nitrogens is 1. The number of rotatable bonds is 10. The van der Waals surface area contributed by atoms with Crippen molar-refractivity contribution < 1.29 is 28.7 Å². The van der Waals surface area contributed by atoms with Gasteiger partial charge >= 0.3 is 0 Å². The topological polar surface area (TPSA) is 177 Å². The van der Waals surface area contributed by atoms with Crippen molar-refractivity contribution in [2.75, 3.05) is 40.0 Å². The van der Waals surface area contributed by atoms with Gasteiger partial charge in [-0.3, -0.25) is 29.0 Å². The number of aromatic amines is 1. The van der Waals surface area contributed by atoms with Gasteiger partial charge in [0.25, 0.3) is 0 Å². The van der Waals surface area contributed by atoms with Gasteiger partial charge in [0.05, 0.1) is 37.2 Å². The number of hydrogen-bond donors (Lipinski definition) is 4. The second kappa shape index (κ2) is 25.8. The number of nitrogens with zero attached hydrogens (tertiary/aromatic N) is 3. The van der Waals surface area contributed by atoms with Crippen LogP contribution in [0.15, 0.2) is 60.0 Å². The maximum Gasteiger partial charge on any atom is 0.243 e. The van der Waals surface area contributed by atoms with Crippen LogP contribution in [0.25, 0.3) is 22.3 Å². The van der Waals surface area contributed by atoms with Crippen LogP contribution < -0.4 is 21.2 Å². The molecule has 57 heavy (non-hydrogen) atoms. The molecule has 2 aliphatic heterocycles. The Morgan fingerprint density at radius 1 is 1.07 bits per heavy atom. The third-order valence-corrected chi connectivity index (χ3v) is 9.36. The normalized spacial score (nSPS) is 16.2. The first-order valence-corrected chi connectivity index (χ1v) is 20.5. The number of nitrogens with one attached hydrogen (secondary N) is 2. The molecule has 1 saturated carbocycles. The Kier molecular flexibility index (Phi) is 22.0. The lowest BCUT2D eigenvalue weighted by Gasteiger charge is -2.28. The lowest BCUT2D eigenvalue weighted by molar-refractivity contribution is -0.142. The molecule has 0 spiro atoms.